The molecule has 1 aliphatic heterocycles. The van der Waals surface area contributed by atoms with Crippen molar-refractivity contribution < 1.29 is 22.8 Å². The molecule has 0 bridgehead atoms. The van der Waals surface area contributed by atoms with Crippen molar-refractivity contribution in [1.82, 2.24) is 4.90 Å². The summed E-state index contributed by atoms with van der Waals surface area (Å²) in [6.07, 6.45) is 0.256. The van der Waals surface area contributed by atoms with E-state index in [1.165, 1.54) is 24.3 Å². The molecule has 9 heteroatoms. The Balaban J connectivity index is 1.91. The van der Waals surface area contributed by atoms with Crippen LogP contribution in [-0.2, 0) is 14.8 Å². The first-order chi connectivity index (χ1) is 13.6. The van der Waals surface area contributed by atoms with E-state index in [1.54, 1.807) is 24.3 Å². The van der Waals surface area contributed by atoms with E-state index in [4.69, 9.17) is 5.14 Å². The van der Waals surface area contributed by atoms with Crippen molar-refractivity contribution in [3.63, 3.8) is 0 Å². The maximum atomic E-state index is 13.0. The van der Waals surface area contributed by atoms with Crippen LogP contribution in [0.3, 0.4) is 0 Å². The molecule has 8 nitrogen and oxygen atoms in total. The lowest BCUT2D eigenvalue weighted by molar-refractivity contribution is -0.120. The van der Waals surface area contributed by atoms with Gasteiger partial charge in [0, 0.05) is 5.69 Å². The third-order valence-electron chi connectivity index (χ3n) is 4.56. The molecule has 2 aromatic carbocycles. The number of rotatable bonds is 6. The third-order valence-corrected chi connectivity index (χ3v) is 5.48. The minimum atomic E-state index is -3.94. The Morgan fingerprint density at radius 3 is 2.14 bits per heavy atom. The van der Waals surface area contributed by atoms with Gasteiger partial charge in [-0.3, -0.25) is 19.3 Å². The van der Waals surface area contributed by atoms with Crippen LogP contribution in [0.2, 0.25) is 0 Å². The molecule has 0 unspecified atom stereocenters. The smallest absolute Gasteiger partial charge is 0.262 e. The molecule has 0 aromatic heterocycles. The molecule has 3 N–H and O–H groups in total. The quantitative estimate of drug-likeness (QED) is 0.698. The van der Waals surface area contributed by atoms with Crippen molar-refractivity contribution >= 4 is 33.4 Å². The van der Waals surface area contributed by atoms with Crippen molar-refractivity contribution in [1.29, 1.82) is 0 Å². The van der Waals surface area contributed by atoms with Crippen molar-refractivity contribution in [2.24, 2.45) is 11.1 Å². The van der Waals surface area contributed by atoms with Crippen LogP contribution < -0.4 is 10.5 Å². The molecule has 0 spiro atoms. The largest absolute Gasteiger partial charge is 0.324 e. The third kappa shape index (κ3) is 4.20. The van der Waals surface area contributed by atoms with Crippen molar-refractivity contribution in [3.05, 3.63) is 59.7 Å². The second kappa shape index (κ2) is 7.76. The number of carbonyl (C=O) groups is 3. The predicted octanol–water partition coefficient (Wildman–Crippen LogP) is 1.98. The van der Waals surface area contributed by atoms with E-state index in [0.717, 1.165) is 4.90 Å². The lowest BCUT2D eigenvalue weighted by atomic mass is 10.0. The van der Waals surface area contributed by atoms with E-state index < -0.39 is 33.8 Å². The van der Waals surface area contributed by atoms with Gasteiger partial charge >= 0.3 is 0 Å². The van der Waals surface area contributed by atoms with Crippen LogP contribution in [0.25, 0.3) is 0 Å². The molecular weight excluding hydrogens is 394 g/mol. The van der Waals surface area contributed by atoms with Crippen molar-refractivity contribution in [2.45, 2.75) is 31.2 Å². The number of primary sulfonamides is 1. The standard InChI is InChI=1S/C20H21N3O5S/c1-12(2)10-17(23-19(25)15-8-3-4-9-16(15)20(23)26)18(24)22-13-6-5-7-14(11-13)29(21,27)28/h3-9,11-12,17H,10H2,1-2H3,(H,22,24)(H2,21,27,28)/t17-/m1/s1. The maximum absolute atomic E-state index is 13.0. The molecular formula is C20H21N3O5S. The molecule has 0 radical (unpaired) electrons. The molecule has 0 saturated heterocycles. The Kier molecular flexibility index (Phi) is 5.54. The summed E-state index contributed by atoms with van der Waals surface area (Å²) in [6, 6.07) is 10.8. The number of benzene rings is 2. The van der Waals surface area contributed by atoms with E-state index in [-0.39, 0.29) is 34.0 Å². The molecule has 1 heterocycles. The van der Waals surface area contributed by atoms with Gasteiger partial charge in [-0.2, -0.15) is 0 Å². The van der Waals surface area contributed by atoms with E-state index >= 15 is 0 Å². The number of hydrogen-bond donors (Lipinski definition) is 2. The van der Waals surface area contributed by atoms with Crippen LogP contribution in [0.5, 0.6) is 0 Å². The zero-order chi connectivity index (χ0) is 21.3. The zero-order valence-corrected chi connectivity index (χ0v) is 16.8. The van der Waals surface area contributed by atoms with E-state index in [2.05, 4.69) is 5.32 Å². The topological polar surface area (TPSA) is 127 Å². The molecule has 0 fully saturated rings. The highest BCUT2D eigenvalue weighted by Crippen LogP contribution is 2.27. The fourth-order valence-corrected chi connectivity index (χ4v) is 3.80. The summed E-state index contributed by atoms with van der Waals surface area (Å²) in [5.74, 6) is -1.61. The Bertz CT molecular complexity index is 1060. The second-order valence-corrected chi connectivity index (χ2v) is 8.79. The van der Waals surface area contributed by atoms with E-state index in [0.29, 0.717) is 0 Å². The number of imide groups is 1. The number of fused-ring (bicyclic) bond motifs is 1. The van der Waals surface area contributed by atoms with Gasteiger partial charge in [0.25, 0.3) is 11.8 Å². The number of nitrogens with zero attached hydrogens (tertiary/aromatic N) is 1. The van der Waals surface area contributed by atoms with Gasteiger partial charge < -0.3 is 5.32 Å². The fraction of sp³-hybridized carbons (Fsp3) is 0.250. The normalized spacial score (nSPS) is 14.8. The first kappa shape index (κ1) is 20.7. The number of nitrogens with one attached hydrogen (secondary N) is 1. The molecule has 3 rings (SSSR count). The number of amides is 3. The summed E-state index contributed by atoms with van der Waals surface area (Å²) in [6.45, 7) is 3.75. The molecule has 1 aliphatic rings. The van der Waals surface area contributed by atoms with Crippen LogP contribution in [0.15, 0.2) is 53.4 Å². The van der Waals surface area contributed by atoms with E-state index in [1.807, 2.05) is 13.8 Å². The summed E-state index contributed by atoms with van der Waals surface area (Å²) in [5, 5.41) is 7.73. The monoisotopic (exact) mass is 415 g/mol. The average Bonchev–Trinajstić information content (AvgIpc) is 2.90. The van der Waals surface area contributed by atoms with Gasteiger partial charge in [0.05, 0.1) is 16.0 Å². The van der Waals surface area contributed by atoms with Crippen LogP contribution >= 0.6 is 0 Å². The lowest BCUT2D eigenvalue weighted by Gasteiger charge is -2.26. The lowest BCUT2D eigenvalue weighted by Crippen LogP contribution is -2.47. The average molecular weight is 415 g/mol. The Hall–Kier alpha value is -3.04. The van der Waals surface area contributed by atoms with Crippen LogP contribution in [0, 0.1) is 5.92 Å². The minimum Gasteiger partial charge on any atom is -0.324 e. The molecule has 152 valence electrons. The summed E-state index contributed by atoms with van der Waals surface area (Å²) in [5.41, 5.74) is 0.720. The van der Waals surface area contributed by atoms with Gasteiger partial charge in [-0.15, -0.1) is 0 Å². The number of hydrogen-bond acceptors (Lipinski definition) is 5. The molecule has 1 atom stereocenters. The Labute approximate surface area is 168 Å². The van der Waals surface area contributed by atoms with Crippen molar-refractivity contribution in [3.8, 4) is 0 Å². The zero-order valence-electron chi connectivity index (χ0n) is 16.0. The highest BCUT2D eigenvalue weighted by Gasteiger charge is 2.42. The Morgan fingerprint density at radius 1 is 1.03 bits per heavy atom. The predicted molar refractivity (Wildman–Crippen MR) is 107 cm³/mol. The number of sulfonamides is 1. The highest BCUT2D eigenvalue weighted by molar-refractivity contribution is 7.89. The van der Waals surface area contributed by atoms with Gasteiger partial charge in [0.15, 0.2) is 0 Å². The number of anilines is 1. The number of carbonyl (C=O) groups excluding carboxylic acids is 3. The number of nitrogens with two attached hydrogens (primary N) is 1. The van der Waals surface area contributed by atoms with Gasteiger partial charge in [-0.05, 0) is 42.7 Å². The fourth-order valence-electron chi connectivity index (χ4n) is 3.24. The van der Waals surface area contributed by atoms with Gasteiger partial charge in [-0.1, -0.05) is 32.0 Å². The molecule has 0 saturated carbocycles. The first-order valence-corrected chi connectivity index (χ1v) is 10.5. The highest BCUT2D eigenvalue weighted by atomic mass is 32.2. The van der Waals surface area contributed by atoms with E-state index in [9.17, 15) is 22.8 Å². The van der Waals surface area contributed by atoms with Gasteiger partial charge in [-0.25, -0.2) is 13.6 Å². The molecule has 3 amide bonds. The first-order valence-electron chi connectivity index (χ1n) is 9.00. The van der Waals surface area contributed by atoms with Crippen LogP contribution in [0.1, 0.15) is 41.0 Å². The summed E-state index contributed by atoms with van der Waals surface area (Å²) < 4.78 is 23.1. The van der Waals surface area contributed by atoms with Crippen molar-refractivity contribution in [2.75, 3.05) is 5.32 Å². The van der Waals surface area contributed by atoms with Crippen LogP contribution in [-0.4, -0.2) is 37.1 Å². The Morgan fingerprint density at radius 2 is 1.62 bits per heavy atom. The van der Waals surface area contributed by atoms with Gasteiger partial charge in [0.1, 0.15) is 6.04 Å². The molecule has 29 heavy (non-hydrogen) atoms. The minimum absolute atomic E-state index is 0.0193. The van der Waals surface area contributed by atoms with Crippen LogP contribution in [0.4, 0.5) is 5.69 Å². The molecule has 2 aromatic rings. The second-order valence-electron chi connectivity index (χ2n) is 7.23. The summed E-state index contributed by atoms with van der Waals surface area (Å²) in [4.78, 5) is 39.4. The summed E-state index contributed by atoms with van der Waals surface area (Å²) in [7, 11) is -3.94. The summed E-state index contributed by atoms with van der Waals surface area (Å²) >= 11 is 0. The maximum Gasteiger partial charge on any atom is 0.262 e. The van der Waals surface area contributed by atoms with Gasteiger partial charge in [0.2, 0.25) is 15.9 Å². The SMILES string of the molecule is CC(C)C[C@H](C(=O)Nc1cccc(S(N)(=O)=O)c1)N1C(=O)c2ccccc2C1=O. The molecule has 0 aliphatic carbocycles.